The van der Waals surface area contributed by atoms with Crippen LogP contribution >= 0.6 is 27.3 Å². The highest BCUT2D eigenvalue weighted by atomic mass is 79.9. The average molecular weight is 321 g/mol. The first-order valence-electron chi connectivity index (χ1n) is 5.38. The molecular weight excluding hydrogens is 312 g/mol. The molecule has 0 unspecified atom stereocenters. The Bertz CT molecular complexity index is 647. The summed E-state index contributed by atoms with van der Waals surface area (Å²) in [6.07, 6.45) is 0. The van der Waals surface area contributed by atoms with Crippen molar-refractivity contribution < 1.29 is 0 Å². The third kappa shape index (κ3) is 2.34. The highest BCUT2D eigenvalue weighted by molar-refractivity contribution is 9.10. The molecule has 0 aliphatic carbocycles. The Morgan fingerprint density at radius 1 is 1.17 bits per heavy atom. The zero-order valence-corrected chi connectivity index (χ0v) is 11.7. The lowest BCUT2D eigenvalue weighted by Gasteiger charge is -1.96. The first-order chi connectivity index (χ1) is 8.83. The third-order valence-electron chi connectivity index (χ3n) is 2.46. The normalized spacial score (nSPS) is 10.7. The second-order valence-corrected chi connectivity index (χ2v) is 5.56. The molecule has 3 rings (SSSR count). The van der Waals surface area contributed by atoms with Crippen molar-refractivity contribution in [1.29, 1.82) is 0 Å². The van der Waals surface area contributed by atoms with Gasteiger partial charge in [0.2, 0.25) is 5.82 Å². The average Bonchev–Trinajstić information content (AvgIpc) is 3.02. The minimum atomic E-state index is 0.637. The summed E-state index contributed by atoms with van der Waals surface area (Å²) >= 11 is 5.17. The van der Waals surface area contributed by atoms with Crippen LogP contribution in [0, 0.1) is 0 Å². The van der Waals surface area contributed by atoms with Gasteiger partial charge in [0.25, 0.3) is 0 Å². The van der Waals surface area contributed by atoms with Gasteiger partial charge < -0.3 is 0 Å². The minimum absolute atomic E-state index is 0.637. The van der Waals surface area contributed by atoms with E-state index in [1.54, 1.807) is 16.1 Å². The lowest BCUT2D eigenvalue weighted by Crippen LogP contribution is -2.02. The Morgan fingerprint density at radius 3 is 2.72 bits per heavy atom. The molecule has 3 aromatic rings. The molecule has 4 nitrogen and oxygen atoms in total. The predicted octanol–water partition coefficient (Wildman–Crippen LogP) is 3.21. The van der Waals surface area contributed by atoms with Gasteiger partial charge in [0.1, 0.15) is 0 Å². The van der Waals surface area contributed by atoms with Crippen LogP contribution in [0.3, 0.4) is 0 Å². The van der Waals surface area contributed by atoms with Gasteiger partial charge >= 0.3 is 0 Å². The number of benzene rings is 1. The fourth-order valence-electron chi connectivity index (χ4n) is 1.58. The summed E-state index contributed by atoms with van der Waals surface area (Å²) in [7, 11) is 0. The molecule has 0 saturated carbocycles. The Morgan fingerprint density at radius 2 is 2.00 bits per heavy atom. The van der Waals surface area contributed by atoms with Crippen LogP contribution in [-0.4, -0.2) is 20.2 Å². The maximum atomic E-state index is 4.38. The van der Waals surface area contributed by atoms with Crippen molar-refractivity contribution in [1.82, 2.24) is 20.2 Å². The molecule has 0 spiro atoms. The maximum Gasteiger partial charge on any atom is 0.204 e. The second-order valence-electron chi connectivity index (χ2n) is 3.70. The summed E-state index contributed by atoms with van der Waals surface area (Å²) in [6, 6.07) is 11.9. The van der Waals surface area contributed by atoms with Crippen molar-refractivity contribution in [2.24, 2.45) is 0 Å². The summed E-state index contributed by atoms with van der Waals surface area (Å²) in [6.45, 7) is 0.637. The summed E-state index contributed by atoms with van der Waals surface area (Å²) < 4.78 is 1.09. The van der Waals surface area contributed by atoms with Crippen LogP contribution in [0.15, 0.2) is 46.3 Å². The highest BCUT2D eigenvalue weighted by Gasteiger charge is 2.07. The van der Waals surface area contributed by atoms with Gasteiger partial charge in [-0.25, -0.2) is 0 Å². The summed E-state index contributed by atoms with van der Waals surface area (Å²) in [5.41, 5.74) is 0.981. The van der Waals surface area contributed by atoms with Gasteiger partial charge in [-0.2, -0.15) is 4.80 Å². The number of aromatic nitrogens is 4. The minimum Gasteiger partial charge on any atom is -0.158 e. The molecular formula is C12H9BrN4S. The zero-order chi connectivity index (χ0) is 12.4. The van der Waals surface area contributed by atoms with Crippen molar-refractivity contribution >= 4 is 27.3 Å². The second kappa shape index (κ2) is 4.99. The van der Waals surface area contributed by atoms with Crippen molar-refractivity contribution in [2.75, 3.05) is 0 Å². The smallest absolute Gasteiger partial charge is 0.158 e. The van der Waals surface area contributed by atoms with Crippen LogP contribution in [0.1, 0.15) is 4.88 Å². The molecule has 90 valence electrons. The number of rotatable bonds is 3. The molecule has 6 heteroatoms. The lowest BCUT2D eigenvalue weighted by molar-refractivity contribution is 0.577. The van der Waals surface area contributed by atoms with Crippen molar-refractivity contribution in [3.63, 3.8) is 0 Å². The number of halogens is 1. The van der Waals surface area contributed by atoms with E-state index in [4.69, 9.17) is 0 Å². The largest absolute Gasteiger partial charge is 0.204 e. The number of hydrogen-bond donors (Lipinski definition) is 0. The first kappa shape index (κ1) is 11.6. The lowest BCUT2D eigenvalue weighted by atomic mass is 10.2. The molecule has 0 aliphatic rings. The maximum absolute atomic E-state index is 4.38. The van der Waals surface area contributed by atoms with Crippen LogP contribution in [0.5, 0.6) is 0 Å². The number of hydrogen-bond acceptors (Lipinski definition) is 4. The van der Waals surface area contributed by atoms with E-state index in [9.17, 15) is 0 Å². The van der Waals surface area contributed by atoms with Crippen LogP contribution < -0.4 is 0 Å². The van der Waals surface area contributed by atoms with E-state index in [1.807, 2.05) is 41.8 Å². The van der Waals surface area contributed by atoms with Crippen molar-refractivity contribution in [3.8, 4) is 11.4 Å². The van der Waals surface area contributed by atoms with Gasteiger partial charge in [0.15, 0.2) is 0 Å². The van der Waals surface area contributed by atoms with E-state index in [0.29, 0.717) is 12.4 Å². The standard InChI is InChI=1S/C12H9BrN4S/c13-10-6-7-18-11(10)8-17-15-12(14-16-17)9-4-2-1-3-5-9/h1-7H,8H2. The van der Waals surface area contributed by atoms with E-state index in [1.165, 1.54) is 4.88 Å². The Hall–Kier alpha value is -1.53. The molecule has 18 heavy (non-hydrogen) atoms. The molecule has 0 bridgehead atoms. The molecule has 2 aromatic heterocycles. The number of thiophene rings is 1. The molecule has 0 saturated heterocycles. The Labute approximate surface area is 116 Å². The Balaban J connectivity index is 1.84. The fraction of sp³-hybridized carbons (Fsp3) is 0.0833. The molecule has 0 radical (unpaired) electrons. The van der Waals surface area contributed by atoms with Crippen LogP contribution in [0.25, 0.3) is 11.4 Å². The van der Waals surface area contributed by atoms with E-state index >= 15 is 0 Å². The molecule has 0 atom stereocenters. The predicted molar refractivity (Wildman–Crippen MR) is 74.4 cm³/mol. The number of tetrazole rings is 1. The van der Waals surface area contributed by atoms with Gasteiger partial charge in [-0.1, -0.05) is 30.3 Å². The molecule has 0 amide bonds. The van der Waals surface area contributed by atoms with Crippen molar-refractivity contribution in [2.45, 2.75) is 6.54 Å². The quantitative estimate of drug-likeness (QED) is 0.744. The molecule has 0 N–H and O–H groups in total. The Kier molecular flexibility index (Phi) is 3.21. The van der Waals surface area contributed by atoms with Gasteiger partial charge in [-0.3, -0.25) is 0 Å². The number of nitrogens with zero attached hydrogens (tertiary/aromatic N) is 4. The topological polar surface area (TPSA) is 43.6 Å². The van der Waals surface area contributed by atoms with Gasteiger partial charge in [-0.05, 0) is 32.6 Å². The molecule has 2 heterocycles. The fourth-order valence-corrected chi connectivity index (χ4v) is 3.03. The highest BCUT2D eigenvalue weighted by Crippen LogP contribution is 2.23. The first-order valence-corrected chi connectivity index (χ1v) is 7.05. The summed E-state index contributed by atoms with van der Waals surface area (Å²) in [5, 5.41) is 14.6. The van der Waals surface area contributed by atoms with E-state index in [2.05, 4.69) is 31.3 Å². The van der Waals surface area contributed by atoms with Crippen LogP contribution in [-0.2, 0) is 6.54 Å². The molecule has 0 aliphatic heterocycles. The van der Waals surface area contributed by atoms with Gasteiger partial charge in [-0.15, -0.1) is 21.5 Å². The van der Waals surface area contributed by atoms with E-state index in [0.717, 1.165) is 10.0 Å². The third-order valence-corrected chi connectivity index (χ3v) is 4.37. The zero-order valence-electron chi connectivity index (χ0n) is 9.32. The molecule has 1 aromatic carbocycles. The van der Waals surface area contributed by atoms with Crippen LogP contribution in [0.2, 0.25) is 0 Å². The summed E-state index contributed by atoms with van der Waals surface area (Å²) in [5.74, 6) is 0.656. The van der Waals surface area contributed by atoms with Crippen LogP contribution in [0.4, 0.5) is 0 Å². The monoisotopic (exact) mass is 320 g/mol. The van der Waals surface area contributed by atoms with Gasteiger partial charge in [0, 0.05) is 14.9 Å². The van der Waals surface area contributed by atoms with E-state index < -0.39 is 0 Å². The van der Waals surface area contributed by atoms with E-state index in [-0.39, 0.29) is 0 Å². The van der Waals surface area contributed by atoms with Gasteiger partial charge in [0.05, 0.1) is 6.54 Å². The van der Waals surface area contributed by atoms with Crippen molar-refractivity contribution in [3.05, 3.63) is 51.1 Å². The molecule has 0 fully saturated rings. The summed E-state index contributed by atoms with van der Waals surface area (Å²) in [4.78, 5) is 2.80. The SMILES string of the molecule is Brc1ccsc1Cn1nnc(-c2ccccc2)n1.